The van der Waals surface area contributed by atoms with Gasteiger partial charge in [0.2, 0.25) is 0 Å². The molecule has 0 saturated heterocycles. The first-order chi connectivity index (χ1) is 8.74. The SMILES string of the molecule is CCNc1ncccc1COCCOCC(C)C. The van der Waals surface area contributed by atoms with Crippen LogP contribution < -0.4 is 5.32 Å². The molecule has 0 aliphatic rings. The minimum absolute atomic E-state index is 0.571. The smallest absolute Gasteiger partial charge is 0.131 e. The minimum atomic E-state index is 0.571. The van der Waals surface area contributed by atoms with Gasteiger partial charge < -0.3 is 14.8 Å². The van der Waals surface area contributed by atoms with Gasteiger partial charge in [0.25, 0.3) is 0 Å². The van der Waals surface area contributed by atoms with E-state index in [9.17, 15) is 0 Å². The van der Waals surface area contributed by atoms with E-state index in [0.29, 0.717) is 25.7 Å². The molecular weight excluding hydrogens is 228 g/mol. The van der Waals surface area contributed by atoms with Gasteiger partial charge in [-0.25, -0.2) is 4.98 Å². The van der Waals surface area contributed by atoms with E-state index in [1.807, 2.05) is 12.1 Å². The van der Waals surface area contributed by atoms with Crippen molar-refractivity contribution < 1.29 is 9.47 Å². The van der Waals surface area contributed by atoms with Gasteiger partial charge in [-0.15, -0.1) is 0 Å². The predicted molar refractivity (Wildman–Crippen MR) is 73.7 cm³/mol. The molecule has 0 saturated carbocycles. The van der Waals surface area contributed by atoms with Crippen molar-refractivity contribution in [2.45, 2.75) is 27.4 Å². The fraction of sp³-hybridized carbons (Fsp3) is 0.643. The number of nitrogens with one attached hydrogen (secondary N) is 1. The van der Waals surface area contributed by atoms with Crippen molar-refractivity contribution in [1.29, 1.82) is 0 Å². The van der Waals surface area contributed by atoms with Crippen molar-refractivity contribution in [3.05, 3.63) is 23.9 Å². The number of anilines is 1. The summed E-state index contributed by atoms with van der Waals surface area (Å²) in [6.07, 6.45) is 1.78. The summed E-state index contributed by atoms with van der Waals surface area (Å²) in [6.45, 7) is 9.82. The van der Waals surface area contributed by atoms with Crippen LogP contribution in [0.15, 0.2) is 18.3 Å². The molecule has 1 N–H and O–H groups in total. The van der Waals surface area contributed by atoms with Crippen LogP contribution in [0.2, 0.25) is 0 Å². The average molecular weight is 252 g/mol. The highest BCUT2D eigenvalue weighted by atomic mass is 16.5. The second-order valence-corrected chi connectivity index (χ2v) is 4.56. The maximum absolute atomic E-state index is 5.58. The van der Waals surface area contributed by atoms with Crippen molar-refractivity contribution >= 4 is 5.82 Å². The second-order valence-electron chi connectivity index (χ2n) is 4.56. The first-order valence-corrected chi connectivity index (χ1v) is 6.57. The summed E-state index contributed by atoms with van der Waals surface area (Å²) >= 11 is 0. The van der Waals surface area contributed by atoms with Gasteiger partial charge in [0.05, 0.1) is 19.8 Å². The van der Waals surface area contributed by atoms with E-state index >= 15 is 0 Å². The molecular formula is C14H24N2O2. The number of aromatic nitrogens is 1. The fourth-order valence-electron chi connectivity index (χ4n) is 1.50. The Morgan fingerprint density at radius 1 is 1.28 bits per heavy atom. The van der Waals surface area contributed by atoms with Crippen LogP contribution in [0.5, 0.6) is 0 Å². The van der Waals surface area contributed by atoms with E-state index in [4.69, 9.17) is 9.47 Å². The summed E-state index contributed by atoms with van der Waals surface area (Å²) in [6, 6.07) is 3.95. The molecule has 18 heavy (non-hydrogen) atoms. The molecule has 102 valence electrons. The quantitative estimate of drug-likeness (QED) is 0.686. The van der Waals surface area contributed by atoms with Gasteiger partial charge in [-0.2, -0.15) is 0 Å². The zero-order valence-electron chi connectivity index (χ0n) is 11.6. The lowest BCUT2D eigenvalue weighted by atomic mass is 10.2. The van der Waals surface area contributed by atoms with Crippen LogP contribution in [0.3, 0.4) is 0 Å². The van der Waals surface area contributed by atoms with Gasteiger partial charge in [-0.3, -0.25) is 0 Å². The summed E-state index contributed by atoms with van der Waals surface area (Å²) in [5.74, 6) is 1.48. The standard InChI is InChI=1S/C14H24N2O2/c1-4-15-14-13(6-5-7-16-14)11-18-9-8-17-10-12(2)3/h5-7,12H,4,8-11H2,1-3H3,(H,15,16). The molecule has 1 aromatic heterocycles. The second kappa shape index (κ2) is 8.89. The van der Waals surface area contributed by atoms with Gasteiger partial charge in [-0.05, 0) is 18.9 Å². The third-order valence-corrected chi connectivity index (χ3v) is 2.32. The molecule has 0 atom stereocenters. The maximum Gasteiger partial charge on any atom is 0.131 e. The fourth-order valence-corrected chi connectivity index (χ4v) is 1.50. The molecule has 0 unspecified atom stereocenters. The average Bonchev–Trinajstić information content (AvgIpc) is 2.35. The molecule has 4 heteroatoms. The van der Waals surface area contributed by atoms with E-state index in [-0.39, 0.29) is 0 Å². The largest absolute Gasteiger partial charge is 0.379 e. The number of pyridine rings is 1. The molecule has 1 rings (SSSR count). The molecule has 0 aliphatic heterocycles. The van der Waals surface area contributed by atoms with Crippen LogP contribution in [-0.4, -0.2) is 31.3 Å². The lowest BCUT2D eigenvalue weighted by Gasteiger charge is -2.10. The molecule has 0 fully saturated rings. The molecule has 1 heterocycles. The third-order valence-electron chi connectivity index (χ3n) is 2.32. The highest BCUT2D eigenvalue weighted by molar-refractivity contribution is 5.42. The zero-order chi connectivity index (χ0) is 13.2. The summed E-state index contributed by atoms with van der Waals surface area (Å²) in [7, 11) is 0. The zero-order valence-corrected chi connectivity index (χ0v) is 11.6. The van der Waals surface area contributed by atoms with Crippen molar-refractivity contribution in [1.82, 2.24) is 4.98 Å². The Bertz CT molecular complexity index is 329. The van der Waals surface area contributed by atoms with Gasteiger partial charge in [-0.1, -0.05) is 19.9 Å². The molecule has 0 amide bonds. The van der Waals surface area contributed by atoms with Crippen LogP contribution >= 0.6 is 0 Å². The van der Waals surface area contributed by atoms with Crippen LogP contribution in [0.4, 0.5) is 5.82 Å². The molecule has 0 aliphatic carbocycles. The van der Waals surface area contributed by atoms with Crippen molar-refractivity contribution in [2.24, 2.45) is 5.92 Å². The van der Waals surface area contributed by atoms with E-state index in [0.717, 1.165) is 24.5 Å². The van der Waals surface area contributed by atoms with Gasteiger partial charge in [0.15, 0.2) is 0 Å². The number of rotatable bonds is 9. The summed E-state index contributed by atoms with van der Waals surface area (Å²) < 4.78 is 11.0. The van der Waals surface area contributed by atoms with Crippen LogP contribution in [0.1, 0.15) is 26.3 Å². The number of ether oxygens (including phenoxy) is 2. The lowest BCUT2D eigenvalue weighted by molar-refractivity contribution is 0.0315. The monoisotopic (exact) mass is 252 g/mol. The molecule has 0 spiro atoms. The van der Waals surface area contributed by atoms with E-state index in [2.05, 4.69) is 31.1 Å². The summed E-state index contributed by atoms with van der Waals surface area (Å²) in [4.78, 5) is 4.28. The van der Waals surface area contributed by atoms with Crippen LogP contribution in [0, 0.1) is 5.92 Å². The topological polar surface area (TPSA) is 43.4 Å². The van der Waals surface area contributed by atoms with Crippen molar-refractivity contribution in [2.75, 3.05) is 31.7 Å². The Morgan fingerprint density at radius 3 is 2.78 bits per heavy atom. The Kier molecular flexibility index (Phi) is 7.37. The summed E-state index contributed by atoms with van der Waals surface area (Å²) in [5.41, 5.74) is 1.09. The molecule has 1 aromatic rings. The van der Waals surface area contributed by atoms with E-state index < -0.39 is 0 Å². The number of hydrogen-bond donors (Lipinski definition) is 1. The molecule has 0 aromatic carbocycles. The van der Waals surface area contributed by atoms with E-state index in [1.54, 1.807) is 6.20 Å². The molecule has 0 radical (unpaired) electrons. The highest BCUT2D eigenvalue weighted by Crippen LogP contribution is 2.12. The first kappa shape index (κ1) is 14.9. The normalized spacial score (nSPS) is 10.9. The Balaban J connectivity index is 2.22. The highest BCUT2D eigenvalue weighted by Gasteiger charge is 2.02. The first-order valence-electron chi connectivity index (χ1n) is 6.57. The van der Waals surface area contributed by atoms with Gasteiger partial charge >= 0.3 is 0 Å². The van der Waals surface area contributed by atoms with Gasteiger partial charge in [0, 0.05) is 24.9 Å². The van der Waals surface area contributed by atoms with Crippen LogP contribution in [-0.2, 0) is 16.1 Å². The van der Waals surface area contributed by atoms with Crippen molar-refractivity contribution in [3.8, 4) is 0 Å². The number of nitrogens with zero attached hydrogens (tertiary/aromatic N) is 1. The minimum Gasteiger partial charge on any atom is -0.379 e. The lowest BCUT2D eigenvalue weighted by Crippen LogP contribution is -2.09. The number of hydrogen-bond acceptors (Lipinski definition) is 4. The van der Waals surface area contributed by atoms with Crippen molar-refractivity contribution in [3.63, 3.8) is 0 Å². The van der Waals surface area contributed by atoms with E-state index in [1.165, 1.54) is 0 Å². The molecule has 4 nitrogen and oxygen atoms in total. The molecule has 0 bridgehead atoms. The van der Waals surface area contributed by atoms with Gasteiger partial charge in [0.1, 0.15) is 5.82 Å². The van der Waals surface area contributed by atoms with Crippen LogP contribution in [0.25, 0.3) is 0 Å². The Hall–Kier alpha value is -1.13. The maximum atomic E-state index is 5.58. The third kappa shape index (κ3) is 5.98. The Labute approximate surface area is 110 Å². The summed E-state index contributed by atoms with van der Waals surface area (Å²) in [5, 5.41) is 3.22. The predicted octanol–water partition coefficient (Wildman–Crippen LogP) is 2.70. The Morgan fingerprint density at radius 2 is 2.06 bits per heavy atom.